The second-order valence-electron chi connectivity index (χ2n) is 6.90. The van der Waals surface area contributed by atoms with Gasteiger partial charge in [-0.15, -0.1) is 12.4 Å². The average Bonchev–Trinajstić information content (AvgIpc) is 2.72. The largest absolute Gasteiger partial charge is 0.493 e. The lowest BCUT2D eigenvalue weighted by Gasteiger charge is -2.16. The summed E-state index contributed by atoms with van der Waals surface area (Å²) in [5.74, 6) is 1.57. The van der Waals surface area contributed by atoms with Gasteiger partial charge in [-0.25, -0.2) is 0 Å². The molecule has 1 aliphatic carbocycles. The number of ether oxygens (including phenoxy) is 2. The van der Waals surface area contributed by atoms with Gasteiger partial charge in [-0.05, 0) is 62.4 Å². The Labute approximate surface area is 179 Å². The molecule has 2 aromatic rings. The summed E-state index contributed by atoms with van der Waals surface area (Å²) in [7, 11) is 1.68. The fourth-order valence-electron chi connectivity index (χ4n) is 3.36. The van der Waals surface area contributed by atoms with Gasteiger partial charge in [0.25, 0.3) is 0 Å². The lowest BCUT2D eigenvalue weighted by atomic mass is 9.97. The van der Waals surface area contributed by atoms with Crippen molar-refractivity contribution in [2.75, 3.05) is 13.7 Å². The number of rotatable bonds is 9. The van der Waals surface area contributed by atoms with Gasteiger partial charge in [-0.1, -0.05) is 47.5 Å². The highest BCUT2D eigenvalue weighted by Crippen LogP contribution is 2.32. The Morgan fingerprint density at radius 3 is 2.61 bits per heavy atom. The van der Waals surface area contributed by atoms with Crippen LogP contribution in [0.4, 0.5) is 0 Å². The van der Waals surface area contributed by atoms with E-state index in [2.05, 4.69) is 17.5 Å². The third-order valence-electron chi connectivity index (χ3n) is 4.90. The molecule has 152 valence electrons. The molecule has 0 saturated heterocycles. The highest BCUT2D eigenvalue weighted by Gasteiger charge is 2.11. The third-order valence-corrected chi connectivity index (χ3v) is 5.15. The van der Waals surface area contributed by atoms with Crippen LogP contribution in [-0.4, -0.2) is 13.7 Å². The summed E-state index contributed by atoms with van der Waals surface area (Å²) in [4.78, 5) is 0. The first kappa shape index (κ1) is 22.6. The van der Waals surface area contributed by atoms with Crippen molar-refractivity contribution < 1.29 is 9.47 Å². The number of methoxy groups -OCH3 is 1. The number of benzene rings is 2. The zero-order chi connectivity index (χ0) is 18.9. The van der Waals surface area contributed by atoms with E-state index < -0.39 is 0 Å². The molecule has 0 radical (unpaired) electrons. The van der Waals surface area contributed by atoms with Crippen molar-refractivity contribution in [3.8, 4) is 11.5 Å². The lowest BCUT2D eigenvalue weighted by Crippen LogP contribution is -2.16. The summed E-state index contributed by atoms with van der Waals surface area (Å²) >= 11 is 5.96. The van der Waals surface area contributed by atoms with Gasteiger partial charge in [0.1, 0.15) is 6.61 Å². The summed E-state index contributed by atoms with van der Waals surface area (Å²) in [6, 6.07) is 13.8. The summed E-state index contributed by atoms with van der Waals surface area (Å²) in [5, 5.41) is 4.28. The van der Waals surface area contributed by atoms with Crippen LogP contribution in [0.2, 0.25) is 5.02 Å². The molecule has 0 heterocycles. The summed E-state index contributed by atoms with van der Waals surface area (Å²) < 4.78 is 11.6. The Kier molecular flexibility index (Phi) is 9.69. The highest BCUT2D eigenvalue weighted by atomic mass is 35.5. The van der Waals surface area contributed by atoms with Gasteiger partial charge in [0.15, 0.2) is 11.5 Å². The minimum atomic E-state index is 0. The normalized spacial score (nSPS) is 13.4. The van der Waals surface area contributed by atoms with Gasteiger partial charge >= 0.3 is 0 Å². The maximum atomic E-state index is 6.11. The van der Waals surface area contributed by atoms with Gasteiger partial charge < -0.3 is 14.8 Å². The average molecular weight is 422 g/mol. The van der Waals surface area contributed by atoms with Crippen LogP contribution in [0.3, 0.4) is 0 Å². The van der Waals surface area contributed by atoms with Crippen molar-refractivity contribution in [1.82, 2.24) is 5.32 Å². The fourth-order valence-corrected chi connectivity index (χ4v) is 3.49. The maximum Gasteiger partial charge on any atom is 0.166 e. The van der Waals surface area contributed by atoms with Crippen LogP contribution in [0.15, 0.2) is 54.1 Å². The Morgan fingerprint density at radius 1 is 1.07 bits per heavy atom. The van der Waals surface area contributed by atoms with E-state index in [1.165, 1.54) is 25.7 Å². The van der Waals surface area contributed by atoms with Gasteiger partial charge in [0.2, 0.25) is 0 Å². The zero-order valence-corrected chi connectivity index (χ0v) is 18.0. The number of nitrogens with one attached hydrogen (secondary N) is 1. The number of hydrogen-bond acceptors (Lipinski definition) is 3. The first-order chi connectivity index (χ1) is 13.3. The van der Waals surface area contributed by atoms with Crippen LogP contribution in [0.1, 0.15) is 43.2 Å². The maximum absolute atomic E-state index is 6.11. The van der Waals surface area contributed by atoms with E-state index in [1.807, 2.05) is 36.4 Å². The van der Waals surface area contributed by atoms with Gasteiger partial charge in [-0.3, -0.25) is 0 Å². The Morgan fingerprint density at radius 2 is 1.89 bits per heavy atom. The van der Waals surface area contributed by atoms with Crippen LogP contribution < -0.4 is 14.8 Å². The first-order valence-electron chi connectivity index (χ1n) is 9.68. The number of hydrogen-bond donors (Lipinski definition) is 1. The van der Waals surface area contributed by atoms with Crippen molar-refractivity contribution in [2.24, 2.45) is 0 Å². The summed E-state index contributed by atoms with van der Waals surface area (Å²) in [5.41, 5.74) is 3.79. The van der Waals surface area contributed by atoms with Crippen LogP contribution in [-0.2, 0) is 13.2 Å². The van der Waals surface area contributed by atoms with E-state index in [-0.39, 0.29) is 12.4 Å². The summed E-state index contributed by atoms with van der Waals surface area (Å²) in [6.45, 7) is 2.23. The molecule has 0 fully saturated rings. The SMILES string of the molecule is COc1cccc(CNCCC2=CCCCC2)c1OCc1ccc(Cl)cc1.Cl. The van der Waals surface area contributed by atoms with E-state index in [0.717, 1.165) is 47.2 Å². The Bertz CT molecular complexity index is 760. The molecule has 2 aromatic carbocycles. The molecular formula is C23H29Cl2NO2. The minimum absolute atomic E-state index is 0. The Balaban J connectivity index is 0.00000280. The molecular weight excluding hydrogens is 393 g/mol. The van der Waals surface area contributed by atoms with E-state index in [4.69, 9.17) is 21.1 Å². The Hall–Kier alpha value is -1.68. The molecule has 0 atom stereocenters. The van der Waals surface area contributed by atoms with Crippen LogP contribution in [0.25, 0.3) is 0 Å². The molecule has 0 aromatic heterocycles. The third kappa shape index (κ3) is 6.73. The number of allylic oxidation sites excluding steroid dienone is 1. The predicted octanol–water partition coefficient (Wildman–Crippen LogP) is 6.33. The number of para-hydroxylation sites is 1. The van der Waals surface area contributed by atoms with E-state index >= 15 is 0 Å². The first-order valence-corrected chi connectivity index (χ1v) is 10.1. The molecule has 0 unspecified atom stereocenters. The second-order valence-corrected chi connectivity index (χ2v) is 7.34. The molecule has 5 heteroatoms. The van der Waals surface area contributed by atoms with E-state index in [9.17, 15) is 0 Å². The molecule has 0 saturated carbocycles. The smallest absolute Gasteiger partial charge is 0.166 e. The van der Waals surface area contributed by atoms with Crippen molar-refractivity contribution in [3.63, 3.8) is 0 Å². The molecule has 0 aliphatic heterocycles. The predicted molar refractivity (Wildman–Crippen MR) is 119 cm³/mol. The van der Waals surface area contributed by atoms with Crippen molar-refractivity contribution in [1.29, 1.82) is 0 Å². The minimum Gasteiger partial charge on any atom is -0.493 e. The van der Waals surface area contributed by atoms with Gasteiger partial charge in [-0.2, -0.15) is 0 Å². The summed E-state index contributed by atoms with van der Waals surface area (Å²) in [6.07, 6.45) is 8.73. The molecule has 28 heavy (non-hydrogen) atoms. The molecule has 0 amide bonds. The second kappa shape index (κ2) is 12.0. The van der Waals surface area contributed by atoms with Crippen LogP contribution >= 0.6 is 24.0 Å². The fraction of sp³-hybridized carbons (Fsp3) is 0.391. The quantitative estimate of drug-likeness (QED) is 0.378. The highest BCUT2D eigenvalue weighted by molar-refractivity contribution is 6.30. The topological polar surface area (TPSA) is 30.5 Å². The van der Waals surface area contributed by atoms with Crippen molar-refractivity contribution in [3.05, 3.63) is 70.3 Å². The molecule has 1 aliphatic rings. The van der Waals surface area contributed by atoms with Gasteiger partial charge in [0, 0.05) is 17.1 Å². The van der Waals surface area contributed by atoms with Gasteiger partial charge in [0.05, 0.1) is 7.11 Å². The molecule has 3 nitrogen and oxygen atoms in total. The van der Waals surface area contributed by atoms with E-state index in [1.54, 1.807) is 12.7 Å². The molecule has 3 rings (SSSR count). The lowest BCUT2D eigenvalue weighted by molar-refractivity contribution is 0.280. The monoisotopic (exact) mass is 421 g/mol. The van der Waals surface area contributed by atoms with E-state index in [0.29, 0.717) is 6.61 Å². The molecule has 1 N–H and O–H groups in total. The van der Waals surface area contributed by atoms with Crippen LogP contribution in [0, 0.1) is 0 Å². The molecule has 0 spiro atoms. The molecule has 0 bridgehead atoms. The standard InChI is InChI=1S/C23H28ClNO2.ClH/c1-26-22-9-5-8-20(16-25-15-14-18-6-3-2-4-7-18)23(22)27-17-19-10-12-21(24)13-11-19;/h5-6,8-13,25H,2-4,7,14-17H2,1H3;1H. The van der Waals surface area contributed by atoms with Crippen molar-refractivity contribution >= 4 is 24.0 Å². The zero-order valence-electron chi connectivity index (χ0n) is 16.4. The van der Waals surface area contributed by atoms with Crippen molar-refractivity contribution in [2.45, 2.75) is 45.3 Å². The number of halogens is 2. The van der Waals surface area contributed by atoms with Crippen LogP contribution in [0.5, 0.6) is 11.5 Å².